The Morgan fingerprint density at radius 3 is 2.67 bits per heavy atom. The Labute approximate surface area is 72.9 Å². The van der Waals surface area contributed by atoms with Crippen molar-refractivity contribution in [3.63, 3.8) is 0 Å². The van der Waals surface area contributed by atoms with Crippen LogP contribution in [0, 0.1) is 0 Å². The summed E-state index contributed by atoms with van der Waals surface area (Å²) in [7, 11) is 1.63. The second-order valence-corrected chi connectivity index (χ2v) is 2.57. The zero-order valence-corrected chi connectivity index (χ0v) is 7.36. The second kappa shape index (κ2) is 5.69. The maximum absolute atomic E-state index is 4.72. The first-order valence-corrected chi connectivity index (χ1v) is 4.13. The quantitative estimate of drug-likeness (QED) is 0.393. The van der Waals surface area contributed by atoms with Crippen LogP contribution in [0.4, 0.5) is 0 Å². The Hall–Kier alpha value is -0.930. The highest BCUT2D eigenvalue weighted by molar-refractivity contribution is 4.83. The van der Waals surface area contributed by atoms with Crippen molar-refractivity contribution >= 4 is 0 Å². The summed E-state index contributed by atoms with van der Waals surface area (Å²) >= 11 is 0. The summed E-state index contributed by atoms with van der Waals surface area (Å²) in [5.74, 6) is 0. The number of aromatic nitrogens is 1. The molecule has 1 rings (SSSR count). The van der Waals surface area contributed by atoms with Gasteiger partial charge in [0.15, 0.2) is 12.4 Å². The molecule has 0 fully saturated rings. The molecular weight excluding hydrogens is 152 g/mol. The van der Waals surface area contributed by atoms with E-state index in [-0.39, 0.29) is 0 Å². The fourth-order valence-corrected chi connectivity index (χ4v) is 1.02. The largest absolute Gasteiger partial charge is 0.305 e. The molecule has 1 N–H and O–H groups in total. The van der Waals surface area contributed by atoms with Gasteiger partial charge >= 0.3 is 0 Å². The van der Waals surface area contributed by atoms with Crippen LogP contribution in [0.3, 0.4) is 0 Å². The molecule has 1 aromatic rings. The van der Waals surface area contributed by atoms with Crippen molar-refractivity contribution < 1.29 is 9.40 Å². The molecule has 0 aromatic carbocycles. The Morgan fingerprint density at radius 1 is 1.25 bits per heavy atom. The number of hydrogen-bond donors (Lipinski definition) is 1. The van der Waals surface area contributed by atoms with Gasteiger partial charge in [0.05, 0.1) is 7.11 Å². The van der Waals surface area contributed by atoms with E-state index in [2.05, 4.69) is 22.4 Å². The zero-order valence-electron chi connectivity index (χ0n) is 7.36. The molecule has 0 aliphatic rings. The molecule has 0 radical (unpaired) electrons. The van der Waals surface area contributed by atoms with Crippen molar-refractivity contribution in [1.82, 2.24) is 5.48 Å². The molecule has 0 bridgehead atoms. The average molecular weight is 167 g/mol. The molecule has 3 heteroatoms. The van der Waals surface area contributed by atoms with Crippen LogP contribution >= 0.6 is 0 Å². The number of nitrogens with one attached hydrogen (secondary N) is 1. The van der Waals surface area contributed by atoms with Gasteiger partial charge < -0.3 is 4.84 Å². The first-order chi connectivity index (χ1) is 5.93. The summed E-state index contributed by atoms with van der Waals surface area (Å²) in [4.78, 5) is 4.72. The van der Waals surface area contributed by atoms with Crippen molar-refractivity contribution in [1.29, 1.82) is 0 Å². The molecule has 12 heavy (non-hydrogen) atoms. The molecule has 0 saturated carbocycles. The normalized spacial score (nSPS) is 10.1. The van der Waals surface area contributed by atoms with Crippen LogP contribution < -0.4 is 10.0 Å². The molecule has 0 spiro atoms. The van der Waals surface area contributed by atoms with Gasteiger partial charge in [-0.3, -0.25) is 0 Å². The molecular formula is C9H15N2O+. The number of hydrogen-bond acceptors (Lipinski definition) is 2. The molecule has 0 aliphatic carbocycles. The highest BCUT2D eigenvalue weighted by Gasteiger charge is 1.95. The van der Waals surface area contributed by atoms with Crippen molar-refractivity contribution in [3.8, 4) is 0 Å². The first kappa shape index (κ1) is 9.16. The van der Waals surface area contributed by atoms with Crippen LogP contribution in [-0.4, -0.2) is 13.7 Å². The smallest absolute Gasteiger partial charge is 0.168 e. The van der Waals surface area contributed by atoms with E-state index in [1.807, 2.05) is 18.2 Å². The SMILES string of the molecule is CONCCC[n+]1ccccc1. The van der Waals surface area contributed by atoms with E-state index in [0.29, 0.717) is 0 Å². The van der Waals surface area contributed by atoms with E-state index in [4.69, 9.17) is 4.84 Å². The number of hydroxylamine groups is 1. The van der Waals surface area contributed by atoms with Crippen molar-refractivity contribution in [3.05, 3.63) is 30.6 Å². The molecule has 1 heterocycles. The number of rotatable bonds is 5. The summed E-state index contributed by atoms with van der Waals surface area (Å²) in [6, 6.07) is 6.08. The van der Waals surface area contributed by atoms with Gasteiger partial charge in [-0.25, -0.2) is 10.0 Å². The molecule has 3 nitrogen and oxygen atoms in total. The van der Waals surface area contributed by atoms with Gasteiger partial charge in [0, 0.05) is 25.1 Å². The standard InChI is InChI=1S/C9H15N2O/c1-12-10-6-5-9-11-7-3-2-4-8-11/h2-4,7-8,10H,5-6,9H2,1H3/q+1. The lowest BCUT2D eigenvalue weighted by Crippen LogP contribution is -2.33. The average Bonchev–Trinajstić information content (AvgIpc) is 2.14. The Balaban J connectivity index is 2.16. The molecule has 0 amide bonds. The van der Waals surface area contributed by atoms with Crippen molar-refractivity contribution in [2.45, 2.75) is 13.0 Å². The lowest BCUT2D eigenvalue weighted by Gasteiger charge is -1.98. The van der Waals surface area contributed by atoms with E-state index >= 15 is 0 Å². The zero-order chi connectivity index (χ0) is 8.65. The van der Waals surface area contributed by atoms with Gasteiger partial charge in [-0.15, -0.1) is 0 Å². The number of pyridine rings is 1. The minimum absolute atomic E-state index is 0.887. The van der Waals surface area contributed by atoms with Gasteiger partial charge in [-0.1, -0.05) is 6.07 Å². The predicted octanol–water partition coefficient (Wildman–Crippen LogP) is 0.515. The monoisotopic (exact) mass is 167 g/mol. The van der Waals surface area contributed by atoms with E-state index in [0.717, 1.165) is 19.5 Å². The van der Waals surface area contributed by atoms with Crippen LogP contribution in [0.15, 0.2) is 30.6 Å². The van der Waals surface area contributed by atoms with Crippen LogP contribution in [0.25, 0.3) is 0 Å². The highest BCUT2D eigenvalue weighted by atomic mass is 16.6. The fourth-order valence-electron chi connectivity index (χ4n) is 1.02. The summed E-state index contributed by atoms with van der Waals surface area (Å²) < 4.78 is 2.15. The Kier molecular flexibility index (Phi) is 4.34. The van der Waals surface area contributed by atoms with E-state index < -0.39 is 0 Å². The van der Waals surface area contributed by atoms with E-state index in [1.54, 1.807) is 7.11 Å². The molecule has 0 atom stereocenters. The maximum Gasteiger partial charge on any atom is 0.168 e. The lowest BCUT2D eigenvalue weighted by molar-refractivity contribution is -0.697. The lowest BCUT2D eigenvalue weighted by atomic mass is 10.4. The molecule has 0 unspecified atom stereocenters. The number of aryl methyl sites for hydroxylation is 1. The topological polar surface area (TPSA) is 25.1 Å². The van der Waals surface area contributed by atoms with Gasteiger partial charge in [0.2, 0.25) is 0 Å². The third-order valence-corrected chi connectivity index (χ3v) is 1.62. The van der Waals surface area contributed by atoms with Crippen LogP contribution in [0.1, 0.15) is 6.42 Å². The van der Waals surface area contributed by atoms with Crippen LogP contribution in [0.5, 0.6) is 0 Å². The van der Waals surface area contributed by atoms with E-state index in [1.165, 1.54) is 0 Å². The van der Waals surface area contributed by atoms with Gasteiger partial charge in [-0.05, 0) is 0 Å². The Bertz CT molecular complexity index is 201. The van der Waals surface area contributed by atoms with Crippen molar-refractivity contribution in [2.75, 3.05) is 13.7 Å². The maximum atomic E-state index is 4.72. The van der Waals surface area contributed by atoms with Gasteiger partial charge in [0.25, 0.3) is 0 Å². The summed E-state index contributed by atoms with van der Waals surface area (Å²) in [6.07, 6.45) is 5.20. The molecule has 1 aromatic heterocycles. The number of nitrogens with zero attached hydrogens (tertiary/aromatic N) is 1. The van der Waals surface area contributed by atoms with E-state index in [9.17, 15) is 0 Å². The minimum Gasteiger partial charge on any atom is -0.305 e. The summed E-state index contributed by atoms with van der Waals surface area (Å²) in [5, 5.41) is 0. The fraction of sp³-hybridized carbons (Fsp3) is 0.444. The predicted molar refractivity (Wildman–Crippen MR) is 46.3 cm³/mol. The molecule has 66 valence electrons. The first-order valence-electron chi connectivity index (χ1n) is 4.13. The minimum atomic E-state index is 0.887. The van der Waals surface area contributed by atoms with Crippen LogP contribution in [0.2, 0.25) is 0 Å². The van der Waals surface area contributed by atoms with Crippen molar-refractivity contribution in [2.24, 2.45) is 0 Å². The van der Waals surface area contributed by atoms with Gasteiger partial charge in [0.1, 0.15) is 6.54 Å². The van der Waals surface area contributed by atoms with Gasteiger partial charge in [-0.2, -0.15) is 0 Å². The Morgan fingerprint density at radius 2 is 2.00 bits per heavy atom. The third-order valence-electron chi connectivity index (χ3n) is 1.62. The summed E-state index contributed by atoms with van der Waals surface area (Å²) in [6.45, 7) is 1.91. The highest BCUT2D eigenvalue weighted by Crippen LogP contribution is 1.80. The summed E-state index contributed by atoms with van der Waals surface area (Å²) in [5.41, 5.74) is 2.81. The third kappa shape index (κ3) is 3.46. The van der Waals surface area contributed by atoms with Crippen LogP contribution in [-0.2, 0) is 11.4 Å². The second-order valence-electron chi connectivity index (χ2n) is 2.57. The molecule has 0 saturated heterocycles. The molecule has 0 aliphatic heterocycles.